The first-order valence-electron chi connectivity index (χ1n) is 4.21. The van der Waals surface area contributed by atoms with Gasteiger partial charge in [0.1, 0.15) is 11.2 Å². The zero-order valence-electron chi connectivity index (χ0n) is 7.54. The molecule has 1 aromatic heterocycles. The number of fused-ring (bicyclic) bond motifs is 1. The van der Waals surface area contributed by atoms with Crippen molar-refractivity contribution >= 4 is 29.7 Å². The molecule has 0 fully saturated rings. The molecule has 0 unspecified atom stereocenters. The molecule has 2 rings (SSSR count). The Hall–Kier alpha value is -1.79. The lowest BCUT2D eigenvalue weighted by Crippen LogP contribution is -2.27. The number of carbonyl (C=O) groups is 1. The molecule has 15 heavy (non-hydrogen) atoms. The first-order chi connectivity index (χ1) is 7.08. The number of carboxylic acid groups (broad SMARTS) is 1. The predicted molar refractivity (Wildman–Crippen MR) is 53.0 cm³/mol. The number of carboxylic acids is 1. The molecule has 3 N–H and O–H groups in total. The Morgan fingerprint density at radius 2 is 2.00 bits per heavy atom. The second-order valence-electron chi connectivity index (χ2n) is 3.08. The highest BCUT2D eigenvalue weighted by atomic mass is 16.4. The lowest BCUT2D eigenvalue weighted by Gasteiger charge is -1.92. The Kier molecular flexibility index (Phi) is 2.22. The molecule has 0 radical (unpaired) electrons. The van der Waals surface area contributed by atoms with Crippen LogP contribution in [-0.2, 0) is 0 Å². The van der Waals surface area contributed by atoms with E-state index >= 15 is 0 Å². The fourth-order valence-corrected chi connectivity index (χ4v) is 1.32. The van der Waals surface area contributed by atoms with Crippen molar-refractivity contribution in [3.63, 3.8) is 0 Å². The Morgan fingerprint density at radius 1 is 1.27 bits per heavy atom. The third kappa shape index (κ3) is 1.72. The molecule has 0 spiro atoms. The van der Waals surface area contributed by atoms with Crippen molar-refractivity contribution < 1.29 is 24.4 Å². The van der Waals surface area contributed by atoms with Crippen molar-refractivity contribution in [2.45, 2.75) is 0 Å². The summed E-state index contributed by atoms with van der Waals surface area (Å²) in [6, 6.07) is 5.67. The van der Waals surface area contributed by atoms with Crippen molar-refractivity contribution in [1.82, 2.24) is 0 Å². The molecule has 0 amide bonds. The van der Waals surface area contributed by atoms with Gasteiger partial charge < -0.3 is 19.6 Å². The summed E-state index contributed by atoms with van der Waals surface area (Å²) in [5.74, 6) is -1.04. The Balaban J connectivity index is 2.57. The van der Waals surface area contributed by atoms with Crippen LogP contribution in [0, 0.1) is 0 Å². The highest BCUT2D eigenvalue weighted by Gasteiger charge is 2.17. The molecule has 0 saturated carbocycles. The summed E-state index contributed by atoms with van der Waals surface area (Å²) in [6.07, 6.45) is 0. The van der Waals surface area contributed by atoms with Gasteiger partial charge in [0.25, 0.3) is 0 Å². The minimum atomic E-state index is -1.69. The van der Waals surface area contributed by atoms with Crippen molar-refractivity contribution in [2.24, 2.45) is 0 Å². The van der Waals surface area contributed by atoms with E-state index in [2.05, 4.69) is 0 Å². The zero-order chi connectivity index (χ0) is 11.0. The Morgan fingerprint density at radius 3 is 2.60 bits per heavy atom. The molecule has 0 saturated heterocycles. The van der Waals surface area contributed by atoms with Crippen LogP contribution in [0.3, 0.4) is 0 Å². The molecule has 2 aromatic rings. The lowest BCUT2D eigenvalue weighted by molar-refractivity contribution is 0.0697. The molecule has 1 heterocycles. The van der Waals surface area contributed by atoms with E-state index in [-0.39, 0.29) is 11.2 Å². The van der Waals surface area contributed by atoms with Crippen molar-refractivity contribution in [1.29, 1.82) is 0 Å². The maximum atomic E-state index is 10.7. The van der Waals surface area contributed by atoms with Gasteiger partial charge in [-0.05, 0) is 24.3 Å². The molecule has 0 atom stereocenters. The number of rotatable bonds is 2. The van der Waals surface area contributed by atoms with Gasteiger partial charge in [0.2, 0.25) is 0 Å². The summed E-state index contributed by atoms with van der Waals surface area (Å²) in [6.45, 7) is 0. The molecule has 0 aliphatic carbocycles. The van der Waals surface area contributed by atoms with Crippen LogP contribution in [0.2, 0.25) is 0 Å². The van der Waals surface area contributed by atoms with Crippen LogP contribution >= 0.6 is 0 Å². The zero-order valence-corrected chi connectivity index (χ0v) is 7.54. The fourth-order valence-electron chi connectivity index (χ4n) is 1.32. The molecule has 0 aliphatic rings. The summed E-state index contributed by atoms with van der Waals surface area (Å²) in [5.41, 5.74) is 0.540. The SMILES string of the molecule is O=C(O)c1ccc2oc(B(O)O)cc2c1. The number of benzene rings is 1. The van der Waals surface area contributed by atoms with E-state index in [1.807, 2.05) is 0 Å². The summed E-state index contributed by atoms with van der Waals surface area (Å²) >= 11 is 0. The molecule has 0 aliphatic heterocycles. The van der Waals surface area contributed by atoms with Crippen LogP contribution in [0.25, 0.3) is 11.0 Å². The summed E-state index contributed by atoms with van der Waals surface area (Å²) in [7, 11) is -1.69. The monoisotopic (exact) mass is 206 g/mol. The van der Waals surface area contributed by atoms with Gasteiger partial charge in [0.15, 0.2) is 0 Å². The van der Waals surface area contributed by atoms with Gasteiger partial charge >= 0.3 is 13.1 Å². The van der Waals surface area contributed by atoms with Gasteiger partial charge in [-0.3, -0.25) is 0 Å². The standard InChI is InChI=1S/C9H7BO5/c11-9(12)5-1-2-7-6(3-5)4-8(15-7)10(13)14/h1-4,13-14H,(H,11,12). The van der Waals surface area contributed by atoms with Gasteiger partial charge in [-0.25, -0.2) is 4.79 Å². The van der Waals surface area contributed by atoms with Crippen LogP contribution in [0.15, 0.2) is 28.7 Å². The maximum Gasteiger partial charge on any atom is 0.526 e. The molecule has 5 nitrogen and oxygen atoms in total. The lowest BCUT2D eigenvalue weighted by atomic mass is 9.88. The smallest absolute Gasteiger partial charge is 0.478 e. The normalized spacial score (nSPS) is 10.5. The Labute approximate surface area is 84.7 Å². The van der Waals surface area contributed by atoms with Crippen molar-refractivity contribution in [3.8, 4) is 0 Å². The third-order valence-corrected chi connectivity index (χ3v) is 2.04. The topological polar surface area (TPSA) is 90.9 Å². The van der Waals surface area contributed by atoms with Crippen LogP contribution in [0.4, 0.5) is 0 Å². The molecule has 1 aromatic carbocycles. The van der Waals surface area contributed by atoms with Gasteiger partial charge in [0.05, 0.1) is 5.56 Å². The number of hydrogen-bond acceptors (Lipinski definition) is 4. The average Bonchev–Trinajstić information content (AvgIpc) is 2.59. The highest BCUT2D eigenvalue weighted by molar-refractivity contribution is 6.57. The van der Waals surface area contributed by atoms with E-state index in [1.165, 1.54) is 24.3 Å². The number of aromatic carboxylic acids is 1. The molecular formula is C9H7BO5. The first kappa shape index (κ1) is 9.76. The van der Waals surface area contributed by atoms with E-state index in [0.29, 0.717) is 11.0 Å². The second-order valence-corrected chi connectivity index (χ2v) is 3.08. The van der Waals surface area contributed by atoms with Gasteiger partial charge in [-0.2, -0.15) is 0 Å². The summed E-state index contributed by atoms with van der Waals surface area (Å²) in [4.78, 5) is 10.7. The van der Waals surface area contributed by atoms with E-state index in [1.54, 1.807) is 0 Å². The average molecular weight is 206 g/mol. The molecule has 76 valence electrons. The van der Waals surface area contributed by atoms with Crippen molar-refractivity contribution in [2.75, 3.05) is 0 Å². The summed E-state index contributed by atoms with van der Waals surface area (Å²) in [5, 5.41) is 27.0. The maximum absolute atomic E-state index is 10.7. The quantitative estimate of drug-likeness (QED) is 0.592. The minimum absolute atomic E-state index is 0.00691. The van der Waals surface area contributed by atoms with Crippen LogP contribution in [-0.4, -0.2) is 28.2 Å². The predicted octanol–water partition coefficient (Wildman–Crippen LogP) is -0.189. The third-order valence-electron chi connectivity index (χ3n) is 2.04. The van der Waals surface area contributed by atoms with Crippen LogP contribution in [0.5, 0.6) is 0 Å². The molecule has 0 bridgehead atoms. The minimum Gasteiger partial charge on any atom is -0.478 e. The second kappa shape index (κ2) is 3.41. The molecule has 6 heteroatoms. The summed E-state index contributed by atoms with van der Waals surface area (Å²) < 4.78 is 5.07. The van der Waals surface area contributed by atoms with Crippen molar-refractivity contribution in [3.05, 3.63) is 29.8 Å². The highest BCUT2D eigenvalue weighted by Crippen LogP contribution is 2.16. The number of furan rings is 1. The van der Waals surface area contributed by atoms with E-state index in [9.17, 15) is 4.79 Å². The molecular weight excluding hydrogens is 199 g/mol. The largest absolute Gasteiger partial charge is 0.526 e. The van der Waals surface area contributed by atoms with E-state index < -0.39 is 13.1 Å². The van der Waals surface area contributed by atoms with Gasteiger partial charge in [-0.15, -0.1) is 0 Å². The van der Waals surface area contributed by atoms with Crippen LogP contribution < -0.4 is 5.66 Å². The Bertz CT molecular complexity index is 516. The van der Waals surface area contributed by atoms with E-state index in [0.717, 1.165) is 0 Å². The van der Waals surface area contributed by atoms with Gasteiger partial charge in [-0.1, -0.05) is 0 Å². The van der Waals surface area contributed by atoms with Crippen LogP contribution in [0.1, 0.15) is 10.4 Å². The van der Waals surface area contributed by atoms with E-state index in [4.69, 9.17) is 19.6 Å². The van der Waals surface area contributed by atoms with Gasteiger partial charge in [0, 0.05) is 5.39 Å². The first-order valence-corrected chi connectivity index (χ1v) is 4.21. The number of hydrogen-bond donors (Lipinski definition) is 3. The fraction of sp³-hybridized carbons (Fsp3) is 0.